The molecule has 0 aliphatic rings. The Morgan fingerprint density at radius 2 is 2.00 bits per heavy atom. The van der Waals surface area contributed by atoms with Crippen LogP contribution in [0.3, 0.4) is 0 Å². The number of rotatable bonds is 4. The van der Waals surface area contributed by atoms with Crippen LogP contribution in [0.5, 0.6) is 0 Å². The van der Waals surface area contributed by atoms with Crippen LogP contribution in [0, 0.1) is 0 Å². The average molecular weight is 247 g/mol. The standard InChI is InChI=1S/C9H8F3N3O2/c10-9(11,12)7(16)3-8(17)15-5-6-4-13-1-2-14-6/h1-2,4H,3,5H2,(H,15,17). The van der Waals surface area contributed by atoms with Crippen molar-refractivity contribution in [3.05, 3.63) is 24.3 Å². The number of hydrogen-bond donors (Lipinski definition) is 1. The molecule has 0 aliphatic heterocycles. The van der Waals surface area contributed by atoms with Crippen molar-refractivity contribution < 1.29 is 22.8 Å². The predicted molar refractivity (Wildman–Crippen MR) is 49.6 cm³/mol. The fraction of sp³-hybridized carbons (Fsp3) is 0.333. The number of carbonyl (C=O) groups excluding carboxylic acids is 2. The van der Waals surface area contributed by atoms with Crippen molar-refractivity contribution in [2.75, 3.05) is 0 Å². The number of alkyl halides is 3. The van der Waals surface area contributed by atoms with E-state index in [-0.39, 0.29) is 6.54 Å². The Bertz CT molecular complexity index is 406. The third-order valence-corrected chi connectivity index (χ3v) is 1.72. The molecule has 0 fully saturated rings. The minimum atomic E-state index is -4.98. The predicted octanol–water partition coefficient (Wildman–Crippen LogP) is 0.614. The summed E-state index contributed by atoms with van der Waals surface area (Å²) in [5.41, 5.74) is 0.389. The maximum atomic E-state index is 11.8. The van der Waals surface area contributed by atoms with Crippen molar-refractivity contribution in [3.8, 4) is 0 Å². The van der Waals surface area contributed by atoms with Gasteiger partial charge in [-0.05, 0) is 0 Å². The van der Waals surface area contributed by atoms with Gasteiger partial charge < -0.3 is 5.32 Å². The number of nitrogens with one attached hydrogen (secondary N) is 1. The van der Waals surface area contributed by atoms with Crippen LogP contribution >= 0.6 is 0 Å². The second kappa shape index (κ2) is 5.37. The second-order valence-electron chi connectivity index (χ2n) is 3.07. The molecule has 92 valence electrons. The first-order valence-electron chi connectivity index (χ1n) is 4.51. The van der Waals surface area contributed by atoms with E-state index < -0.39 is 24.3 Å². The first kappa shape index (κ1) is 13.1. The van der Waals surface area contributed by atoms with E-state index >= 15 is 0 Å². The largest absolute Gasteiger partial charge is 0.450 e. The van der Waals surface area contributed by atoms with E-state index in [1.165, 1.54) is 18.6 Å². The fourth-order valence-corrected chi connectivity index (χ4v) is 0.919. The molecule has 0 aliphatic carbocycles. The maximum absolute atomic E-state index is 11.8. The number of halogens is 3. The van der Waals surface area contributed by atoms with E-state index in [0.29, 0.717) is 5.69 Å². The van der Waals surface area contributed by atoms with Gasteiger partial charge in [-0.1, -0.05) is 0 Å². The summed E-state index contributed by atoms with van der Waals surface area (Å²) in [6.07, 6.45) is -2.06. The summed E-state index contributed by atoms with van der Waals surface area (Å²) in [4.78, 5) is 29.0. The van der Waals surface area contributed by atoms with Crippen molar-refractivity contribution in [1.82, 2.24) is 15.3 Å². The normalized spacial score (nSPS) is 11.0. The smallest absolute Gasteiger partial charge is 0.350 e. The molecule has 1 aromatic rings. The van der Waals surface area contributed by atoms with Crippen molar-refractivity contribution in [1.29, 1.82) is 0 Å². The van der Waals surface area contributed by atoms with E-state index in [9.17, 15) is 22.8 Å². The van der Waals surface area contributed by atoms with Crippen LogP contribution in [0.15, 0.2) is 18.6 Å². The zero-order valence-corrected chi connectivity index (χ0v) is 8.49. The van der Waals surface area contributed by atoms with Crippen LogP contribution in [-0.2, 0) is 16.1 Å². The summed E-state index contributed by atoms with van der Waals surface area (Å²) >= 11 is 0. The van der Waals surface area contributed by atoms with Gasteiger partial charge in [0.05, 0.1) is 24.9 Å². The SMILES string of the molecule is O=C(CC(=O)C(F)(F)F)NCc1cnccn1. The van der Waals surface area contributed by atoms with Gasteiger partial charge >= 0.3 is 6.18 Å². The molecular formula is C9H8F3N3O2. The Balaban J connectivity index is 2.39. The van der Waals surface area contributed by atoms with E-state index in [4.69, 9.17) is 0 Å². The lowest BCUT2D eigenvalue weighted by atomic mass is 10.2. The highest BCUT2D eigenvalue weighted by Gasteiger charge is 2.39. The molecule has 0 radical (unpaired) electrons. The van der Waals surface area contributed by atoms with Crippen molar-refractivity contribution in [2.45, 2.75) is 19.1 Å². The summed E-state index contributed by atoms with van der Waals surface area (Å²) in [6.45, 7) is -0.0716. The molecule has 1 amide bonds. The van der Waals surface area contributed by atoms with Crippen molar-refractivity contribution in [3.63, 3.8) is 0 Å². The summed E-state index contributed by atoms with van der Waals surface area (Å²) in [7, 11) is 0. The Hall–Kier alpha value is -1.99. The van der Waals surface area contributed by atoms with Crippen LogP contribution < -0.4 is 5.32 Å². The van der Waals surface area contributed by atoms with Gasteiger partial charge in [0.2, 0.25) is 11.7 Å². The molecule has 1 aromatic heterocycles. The monoisotopic (exact) mass is 247 g/mol. The van der Waals surface area contributed by atoms with Gasteiger partial charge in [-0.3, -0.25) is 19.6 Å². The summed E-state index contributed by atoms with van der Waals surface area (Å²) < 4.78 is 35.5. The maximum Gasteiger partial charge on any atom is 0.450 e. The number of hydrogen-bond acceptors (Lipinski definition) is 4. The molecule has 0 atom stereocenters. The molecule has 0 saturated carbocycles. The summed E-state index contributed by atoms with van der Waals surface area (Å²) in [6, 6.07) is 0. The number of ketones is 1. The molecule has 1 heterocycles. The zero-order chi connectivity index (χ0) is 12.9. The third-order valence-electron chi connectivity index (χ3n) is 1.72. The molecule has 0 bridgehead atoms. The molecule has 1 N–H and O–H groups in total. The molecule has 0 unspecified atom stereocenters. The van der Waals surface area contributed by atoms with E-state index in [0.717, 1.165) is 0 Å². The van der Waals surface area contributed by atoms with Gasteiger partial charge in [0, 0.05) is 12.4 Å². The Labute approximate surface area is 94.1 Å². The Morgan fingerprint density at radius 3 is 2.53 bits per heavy atom. The molecule has 17 heavy (non-hydrogen) atoms. The van der Waals surface area contributed by atoms with Gasteiger partial charge in [-0.15, -0.1) is 0 Å². The van der Waals surface area contributed by atoms with Gasteiger partial charge in [0.1, 0.15) is 0 Å². The Kier molecular flexibility index (Phi) is 4.13. The van der Waals surface area contributed by atoms with Crippen molar-refractivity contribution >= 4 is 11.7 Å². The van der Waals surface area contributed by atoms with E-state index in [1.807, 2.05) is 0 Å². The number of amides is 1. The summed E-state index contributed by atoms with van der Waals surface area (Å²) in [5, 5.41) is 2.14. The fourth-order valence-electron chi connectivity index (χ4n) is 0.919. The lowest BCUT2D eigenvalue weighted by molar-refractivity contribution is -0.172. The van der Waals surface area contributed by atoms with Gasteiger partial charge in [-0.25, -0.2) is 0 Å². The zero-order valence-electron chi connectivity index (χ0n) is 8.49. The number of aromatic nitrogens is 2. The van der Waals surface area contributed by atoms with Crippen LogP contribution in [-0.4, -0.2) is 27.8 Å². The molecule has 0 spiro atoms. The highest BCUT2D eigenvalue weighted by Crippen LogP contribution is 2.17. The van der Waals surface area contributed by atoms with E-state index in [2.05, 4.69) is 15.3 Å². The van der Waals surface area contributed by atoms with Gasteiger partial charge in [0.25, 0.3) is 0 Å². The molecular weight excluding hydrogens is 239 g/mol. The number of nitrogens with zero attached hydrogens (tertiary/aromatic N) is 2. The molecule has 1 rings (SSSR count). The minimum absolute atomic E-state index is 0.0716. The topological polar surface area (TPSA) is 72.0 Å². The number of Topliss-reactive ketones (excluding diaryl/α,β-unsaturated/α-hetero) is 1. The van der Waals surface area contributed by atoms with Crippen molar-refractivity contribution in [2.24, 2.45) is 0 Å². The van der Waals surface area contributed by atoms with Gasteiger partial charge in [-0.2, -0.15) is 13.2 Å². The second-order valence-corrected chi connectivity index (χ2v) is 3.07. The molecule has 8 heteroatoms. The lowest BCUT2D eigenvalue weighted by Crippen LogP contribution is -2.31. The quantitative estimate of drug-likeness (QED) is 0.791. The number of carbonyl (C=O) groups is 2. The van der Waals surface area contributed by atoms with Gasteiger partial charge in [0.15, 0.2) is 0 Å². The summed E-state index contributed by atoms with van der Waals surface area (Å²) in [5.74, 6) is -3.08. The van der Waals surface area contributed by atoms with Crippen LogP contribution in [0.1, 0.15) is 12.1 Å². The first-order chi connectivity index (χ1) is 7.89. The minimum Gasteiger partial charge on any atom is -0.350 e. The van der Waals surface area contributed by atoms with Crippen LogP contribution in [0.2, 0.25) is 0 Å². The van der Waals surface area contributed by atoms with Crippen LogP contribution in [0.25, 0.3) is 0 Å². The molecule has 0 saturated heterocycles. The molecule has 0 aromatic carbocycles. The lowest BCUT2D eigenvalue weighted by Gasteiger charge is -2.05. The first-order valence-corrected chi connectivity index (χ1v) is 4.51. The molecule has 5 nitrogen and oxygen atoms in total. The average Bonchev–Trinajstić information content (AvgIpc) is 2.26. The van der Waals surface area contributed by atoms with E-state index in [1.54, 1.807) is 0 Å². The highest BCUT2D eigenvalue weighted by molar-refractivity contribution is 6.00. The Morgan fingerprint density at radius 1 is 1.29 bits per heavy atom. The highest BCUT2D eigenvalue weighted by atomic mass is 19.4. The van der Waals surface area contributed by atoms with Crippen LogP contribution in [0.4, 0.5) is 13.2 Å². The third kappa shape index (κ3) is 4.58.